The Labute approximate surface area is 187 Å². The van der Waals surface area contributed by atoms with E-state index in [2.05, 4.69) is 32.2 Å². The monoisotopic (exact) mass is 435 g/mol. The zero-order valence-corrected chi connectivity index (χ0v) is 18.8. The summed E-state index contributed by atoms with van der Waals surface area (Å²) in [5.41, 5.74) is 2.47. The highest BCUT2D eigenvalue weighted by molar-refractivity contribution is 7.19. The second-order valence-electron chi connectivity index (χ2n) is 8.90. The highest BCUT2D eigenvalue weighted by atomic mass is 32.1. The molecule has 0 aromatic carbocycles. The van der Waals surface area contributed by atoms with Crippen LogP contribution in [0.25, 0.3) is 10.2 Å². The van der Waals surface area contributed by atoms with Crippen LogP contribution in [0.1, 0.15) is 48.1 Å². The number of carbonyl (C=O) groups is 1. The minimum Gasteiger partial charge on any atom is -0.367 e. The van der Waals surface area contributed by atoms with Gasteiger partial charge in [0.15, 0.2) is 5.78 Å². The number of aromatic nitrogens is 3. The Morgan fingerprint density at radius 1 is 1.23 bits per heavy atom. The molecule has 0 unspecified atom stereocenters. The van der Waals surface area contributed by atoms with E-state index < -0.39 is 0 Å². The first-order valence-electron chi connectivity index (χ1n) is 11.3. The first-order chi connectivity index (χ1) is 15.2. The average molecular weight is 436 g/mol. The number of anilines is 1. The number of hydrogen-bond acceptors (Lipinski definition) is 7. The van der Waals surface area contributed by atoms with E-state index in [-0.39, 0.29) is 5.78 Å². The molecular formula is C24H29N5OS. The van der Waals surface area contributed by atoms with Crippen molar-refractivity contribution < 1.29 is 4.79 Å². The molecule has 0 radical (unpaired) electrons. The molecule has 1 N–H and O–H groups in total. The summed E-state index contributed by atoms with van der Waals surface area (Å²) in [6.07, 6.45) is 13.7. The van der Waals surface area contributed by atoms with Crippen molar-refractivity contribution in [3.8, 4) is 0 Å². The lowest BCUT2D eigenvalue weighted by Gasteiger charge is -2.35. The molecular weight excluding hydrogens is 406 g/mol. The number of nitrogens with zero attached hydrogens (tertiary/aromatic N) is 4. The molecule has 1 saturated carbocycles. The first kappa shape index (κ1) is 20.5. The number of rotatable bonds is 7. The van der Waals surface area contributed by atoms with Crippen molar-refractivity contribution in [2.24, 2.45) is 0 Å². The van der Waals surface area contributed by atoms with Crippen molar-refractivity contribution in [3.63, 3.8) is 0 Å². The van der Waals surface area contributed by atoms with Gasteiger partial charge in [-0.25, -0.2) is 9.97 Å². The fourth-order valence-electron chi connectivity index (χ4n) is 5.09. The number of Topliss-reactive ketones (excluding diaryl/α,β-unsaturated/α-hetero) is 1. The first-order valence-corrected chi connectivity index (χ1v) is 12.1. The Bertz CT molecular complexity index is 1060. The molecule has 0 bridgehead atoms. The van der Waals surface area contributed by atoms with Crippen LogP contribution in [0.5, 0.6) is 0 Å². The van der Waals surface area contributed by atoms with Crippen molar-refractivity contribution >= 4 is 33.2 Å². The fourth-order valence-corrected chi connectivity index (χ4v) is 6.31. The standard InChI is InChI=1S/C24H29N5OS/c1-29(14-19(30)12-16-4-3-11-25-13-16)18-9-7-17(8-10-18)28-23-22-20-5-2-6-21(20)31-24(22)27-15-26-23/h3-4,11,13,15,17-18H,2,5-10,12,14H2,1H3,(H,26,27,28). The topological polar surface area (TPSA) is 71.0 Å². The normalized spacial score (nSPS) is 20.8. The SMILES string of the molecule is CN(CC(=O)Cc1cccnc1)C1CCC(Nc2ncnc3sc4c(c23)CCC4)CC1. The van der Waals surface area contributed by atoms with Gasteiger partial charge in [0.1, 0.15) is 17.0 Å². The summed E-state index contributed by atoms with van der Waals surface area (Å²) in [7, 11) is 2.09. The Morgan fingerprint density at radius 3 is 2.90 bits per heavy atom. The fraction of sp³-hybridized carbons (Fsp3) is 0.500. The van der Waals surface area contributed by atoms with E-state index in [0.29, 0.717) is 25.0 Å². The molecule has 162 valence electrons. The van der Waals surface area contributed by atoms with Crippen LogP contribution in [0, 0.1) is 0 Å². The van der Waals surface area contributed by atoms with Crippen LogP contribution in [0.15, 0.2) is 30.9 Å². The van der Waals surface area contributed by atoms with Crippen molar-refractivity contribution in [1.82, 2.24) is 19.9 Å². The lowest BCUT2D eigenvalue weighted by atomic mass is 9.90. The summed E-state index contributed by atoms with van der Waals surface area (Å²) >= 11 is 1.84. The molecule has 2 aliphatic rings. The van der Waals surface area contributed by atoms with Crippen molar-refractivity contribution in [2.45, 2.75) is 63.5 Å². The van der Waals surface area contributed by atoms with E-state index in [9.17, 15) is 4.79 Å². The van der Waals surface area contributed by atoms with Crippen molar-refractivity contribution in [2.75, 3.05) is 18.9 Å². The quantitative estimate of drug-likeness (QED) is 0.604. The van der Waals surface area contributed by atoms with Gasteiger partial charge in [0.05, 0.1) is 11.9 Å². The Balaban J connectivity index is 1.16. The maximum absolute atomic E-state index is 12.5. The maximum atomic E-state index is 12.5. The number of ketones is 1. The summed E-state index contributed by atoms with van der Waals surface area (Å²) < 4.78 is 0. The van der Waals surface area contributed by atoms with Crippen LogP contribution in [0.3, 0.4) is 0 Å². The Morgan fingerprint density at radius 2 is 2.10 bits per heavy atom. The molecule has 1 fully saturated rings. The van der Waals surface area contributed by atoms with Gasteiger partial charge in [0.2, 0.25) is 0 Å². The molecule has 0 spiro atoms. The van der Waals surface area contributed by atoms with Crippen molar-refractivity contribution in [1.29, 1.82) is 0 Å². The minimum absolute atomic E-state index is 0.255. The summed E-state index contributed by atoms with van der Waals surface area (Å²) in [5, 5.41) is 5.00. The molecule has 0 amide bonds. The van der Waals surface area contributed by atoms with Gasteiger partial charge in [-0.15, -0.1) is 11.3 Å². The molecule has 5 rings (SSSR count). The maximum Gasteiger partial charge on any atom is 0.151 e. The number of thiophene rings is 1. The summed E-state index contributed by atoms with van der Waals surface area (Å²) in [5.74, 6) is 1.28. The molecule has 3 aromatic rings. The zero-order chi connectivity index (χ0) is 21.2. The highest BCUT2D eigenvalue weighted by Gasteiger charge is 2.27. The van der Waals surface area contributed by atoms with Crippen LogP contribution >= 0.6 is 11.3 Å². The largest absolute Gasteiger partial charge is 0.367 e. The lowest BCUT2D eigenvalue weighted by Crippen LogP contribution is -2.41. The predicted molar refractivity (Wildman–Crippen MR) is 125 cm³/mol. The third-order valence-corrected chi connectivity index (χ3v) is 7.91. The third-order valence-electron chi connectivity index (χ3n) is 6.71. The number of carbonyl (C=O) groups excluding carboxylic acids is 1. The van der Waals surface area contributed by atoms with E-state index in [1.165, 1.54) is 28.7 Å². The summed E-state index contributed by atoms with van der Waals surface area (Å²) in [6.45, 7) is 0.505. The second kappa shape index (κ2) is 9.01. The molecule has 0 saturated heterocycles. The number of fused-ring (bicyclic) bond motifs is 3. The number of hydrogen-bond donors (Lipinski definition) is 1. The number of aryl methyl sites for hydroxylation is 2. The van der Waals surface area contributed by atoms with Gasteiger partial charge >= 0.3 is 0 Å². The van der Waals surface area contributed by atoms with Gasteiger partial charge in [-0.3, -0.25) is 14.7 Å². The van der Waals surface area contributed by atoms with E-state index in [1.54, 1.807) is 18.7 Å². The lowest BCUT2D eigenvalue weighted by molar-refractivity contribution is -0.119. The van der Waals surface area contributed by atoms with E-state index in [1.807, 2.05) is 23.5 Å². The number of pyridine rings is 1. The Hall–Kier alpha value is -2.38. The Kier molecular flexibility index (Phi) is 5.96. The number of nitrogens with one attached hydrogen (secondary N) is 1. The number of likely N-dealkylation sites (N-methyl/N-ethyl adjacent to an activating group) is 1. The van der Waals surface area contributed by atoms with Gasteiger partial charge in [-0.2, -0.15) is 0 Å². The average Bonchev–Trinajstić information content (AvgIpc) is 3.36. The molecule has 0 atom stereocenters. The van der Waals surface area contributed by atoms with E-state index in [0.717, 1.165) is 48.3 Å². The molecule has 7 heteroatoms. The molecule has 0 aliphatic heterocycles. The smallest absolute Gasteiger partial charge is 0.151 e. The van der Waals surface area contributed by atoms with E-state index in [4.69, 9.17) is 0 Å². The third kappa shape index (κ3) is 4.48. The van der Waals surface area contributed by atoms with Crippen LogP contribution in [0.4, 0.5) is 5.82 Å². The highest BCUT2D eigenvalue weighted by Crippen LogP contribution is 2.39. The summed E-state index contributed by atoms with van der Waals surface area (Å²) in [4.78, 5) is 30.6. The molecule has 31 heavy (non-hydrogen) atoms. The second-order valence-corrected chi connectivity index (χ2v) is 9.99. The minimum atomic E-state index is 0.255. The van der Waals surface area contributed by atoms with Gasteiger partial charge in [-0.05, 0) is 69.2 Å². The van der Waals surface area contributed by atoms with Gasteiger partial charge in [0, 0.05) is 35.8 Å². The van der Waals surface area contributed by atoms with Crippen LogP contribution in [0.2, 0.25) is 0 Å². The van der Waals surface area contributed by atoms with Crippen LogP contribution in [-0.2, 0) is 24.1 Å². The molecule has 3 heterocycles. The molecule has 3 aromatic heterocycles. The van der Waals surface area contributed by atoms with E-state index >= 15 is 0 Å². The van der Waals surface area contributed by atoms with Crippen LogP contribution in [-0.4, -0.2) is 51.3 Å². The zero-order valence-electron chi connectivity index (χ0n) is 18.0. The predicted octanol–water partition coefficient (Wildman–Crippen LogP) is 4.04. The molecule has 6 nitrogen and oxygen atoms in total. The van der Waals surface area contributed by atoms with Gasteiger partial charge < -0.3 is 5.32 Å². The molecule has 2 aliphatic carbocycles. The summed E-state index contributed by atoms with van der Waals surface area (Å²) in [6, 6.07) is 4.75. The van der Waals surface area contributed by atoms with Gasteiger partial charge in [-0.1, -0.05) is 6.07 Å². The van der Waals surface area contributed by atoms with Crippen molar-refractivity contribution in [3.05, 3.63) is 46.9 Å². The van der Waals surface area contributed by atoms with Crippen LogP contribution < -0.4 is 5.32 Å². The van der Waals surface area contributed by atoms with Gasteiger partial charge in [0.25, 0.3) is 0 Å².